The minimum atomic E-state index is -0.342. The number of aliphatic hydroxyl groups is 1. The van der Waals surface area contributed by atoms with E-state index in [0.29, 0.717) is 18.5 Å². The molecule has 1 atom stereocenters. The van der Waals surface area contributed by atoms with Gasteiger partial charge in [-0.1, -0.05) is 11.2 Å². The average molecular weight is 288 g/mol. The number of hydrogen-bond donors (Lipinski definition) is 2. The smallest absolute Gasteiger partial charge is 0.276 e. The average Bonchev–Trinajstić information content (AvgIpc) is 2.89. The monoisotopic (exact) mass is 288 g/mol. The summed E-state index contributed by atoms with van der Waals surface area (Å²) >= 11 is 0. The van der Waals surface area contributed by atoms with Gasteiger partial charge in [-0.25, -0.2) is 4.63 Å². The molecule has 0 radical (unpaired) electrons. The molecule has 0 spiro atoms. The zero-order chi connectivity index (χ0) is 14.8. The maximum Gasteiger partial charge on any atom is 0.276 e. The Kier molecular flexibility index (Phi) is 3.66. The van der Waals surface area contributed by atoms with E-state index in [1.54, 1.807) is 13.1 Å². The maximum atomic E-state index is 12.3. The fourth-order valence-electron chi connectivity index (χ4n) is 2.54. The molecule has 7 heteroatoms. The van der Waals surface area contributed by atoms with Crippen molar-refractivity contribution in [3.05, 3.63) is 41.5 Å². The summed E-state index contributed by atoms with van der Waals surface area (Å²) in [5.74, 6) is -0.176. The topological polar surface area (TPSA) is 101 Å². The van der Waals surface area contributed by atoms with E-state index in [-0.39, 0.29) is 29.7 Å². The van der Waals surface area contributed by atoms with Gasteiger partial charge in [0.15, 0.2) is 5.69 Å². The summed E-state index contributed by atoms with van der Waals surface area (Å²) in [5, 5.41) is 19.6. The van der Waals surface area contributed by atoms with Gasteiger partial charge in [-0.3, -0.25) is 9.78 Å². The Bertz CT molecular complexity index is 622. The highest BCUT2D eigenvalue weighted by Gasteiger charge is 2.37. The Balaban J connectivity index is 1.80. The van der Waals surface area contributed by atoms with Crippen molar-refractivity contribution >= 4 is 5.91 Å². The number of pyridine rings is 1. The summed E-state index contributed by atoms with van der Waals surface area (Å²) in [4.78, 5) is 16.6. The molecule has 0 aromatic carbocycles. The van der Waals surface area contributed by atoms with Crippen molar-refractivity contribution in [1.82, 2.24) is 20.6 Å². The molecular formula is C14H16N4O3. The Morgan fingerprint density at radius 1 is 1.43 bits per heavy atom. The molecule has 21 heavy (non-hydrogen) atoms. The van der Waals surface area contributed by atoms with Gasteiger partial charge in [-0.15, -0.1) is 0 Å². The van der Waals surface area contributed by atoms with Gasteiger partial charge in [0.1, 0.15) is 5.69 Å². The van der Waals surface area contributed by atoms with Gasteiger partial charge in [0.2, 0.25) is 0 Å². The third-order valence-electron chi connectivity index (χ3n) is 3.78. The molecule has 2 heterocycles. The van der Waals surface area contributed by atoms with Crippen molar-refractivity contribution < 1.29 is 14.5 Å². The largest absolute Gasteiger partial charge is 0.393 e. The van der Waals surface area contributed by atoms with Crippen molar-refractivity contribution in [2.75, 3.05) is 0 Å². The minimum Gasteiger partial charge on any atom is -0.393 e. The number of aliphatic hydroxyl groups excluding tert-OH is 1. The first-order valence-corrected chi connectivity index (χ1v) is 6.84. The van der Waals surface area contributed by atoms with Gasteiger partial charge >= 0.3 is 0 Å². The van der Waals surface area contributed by atoms with Crippen molar-refractivity contribution in [2.45, 2.75) is 31.9 Å². The molecule has 2 N–H and O–H groups in total. The zero-order valence-electron chi connectivity index (χ0n) is 11.6. The van der Waals surface area contributed by atoms with Gasteiger partial charge in [0.25, 0.3) is 5.91 Å². The molecule has 0 saturated heterocycles. The molecule has 1 aliphatic rings. The Morgan fingerprint density at radius 3 is 2.81 bits per heavy atom. The number of amides is 1. The van der Waals surface area contributed by atoms with E-state index in [0.717, 1.165) is 5.69 Å². The van der Waals surface area contributed by atoms with Crippen LogP contribution in [0.2, 0.25) is 0 Å². The zero-order valence-corrected chi connectivity index (χ0v) is 11.6. The molecule has 1 fully saturated rings. The van der Waals surface area contributed by atoms with E-state index in [2.05, 4.69) is 25.2 Å². The van der Waals surface area contributed by atoms with Crippen LogP contribution in [0.5, 0.6) is 0 Å². The summed E-state index contributed by atoms with van der Waals surface area (Å²) in [5.41, 5.74) is 1.40. The predicted molar refractivity (Wildman–Crippen MR) is 72.2 cm³/mol. The van der Waals surface area contributed by atoms with Gasteiger partial charge in [0.05, 0.1) is 17.8 Å². The molecule has 0 bridgehead atoms. The molecule has 0 aliphatic heterocycles. The van der Waals surface area contributed by atoms with Crippen LogP contribution >= 0.6 is 0 Å². The van der Waals surface area contributed by atoms with Crippen LogP contribution in [0.4, 0.5) is 0 Å². The van der Waals surface area contributed by atoms with Gasteiger partial charge in [0, 0.05) is 6.20 Å². The summed E-state index contributed by atoms with van der Waals surface area (Å²) in [6.07, 6.45) is 2.69. The molecule has 3 rings (SSSR count). The Hall–Kier alpha value is -2.28. The molecular weight excluding hydrogens is 272 g/mol. The second kappa shape index (κ2) is 5.61. The first-order chi connectivity index (χ1) is 10.1. The van der Waals surface area contributed by atoms with E-state index < -0.39 is 0 Å². The molecule has 1 unspecified atom stereocenters. The van der Waals surface area contributed by atoms with Crippen molar-refractivity contribution in [3.63, 3.8) is 0 Å². The third-order valence-corrected chi connectivity index (χ3v) is 3.78. The van der Waals surface area contributed by atoms with Crippen molar-refractivity contribution in [3.8, 4) is 0 Å². The van der Waals surface area contributed by atoms with E-state index in [1.165, 1.54) is 0 Å². The van der Waals surface area contributed by atoms with Crippen molar-refractivity contribution in [2.24, 2.45) is 5.92 Å². The SMILES string of the molecule is Cc1nonc1C(=O)NC(c1ccccn1)C1CC(O)C1. The van der Waals surface area contributed by atoms with Crippen LogP contribution in [0.3, 0.4) is 0 Å². The summed E-state index contributed by atoms with van der Waals surface area (Å²) in [6, 6.07) is 5.31. The highest BCUT2D eigenvalue weighted by atomic mass is 16.6. The van der Waals surface area contributed by atoms with Crippen LogP contribution in [0, 0.1) is 12.8 Å². The fourth-order valence-corrected chi connectivity index (χ4v) is 2.54. The highest BCUT2D eigenvalue weighted by Crippen LogP contribution is 2.37. The first kappa shape index (κ1) is 13.7. The molecule has 7 nitrogen and oxygen atoms in total. The molecule has 1 aliphatic carbocycles. The second-order valence-corrected chi connectivity index (χ2v) is 5.29. The first-order valence-electron chi connectivity index (χ1n) is 6.84. The highest BCUT2D eigenvalue weighted by molar-refractivity contribution is 5.93. The van der Waals surface area contributed by atoms with E-state index >= 15 is 0 Å². The number of aryl methyl sites for hydroxylation is 1. The van der Waals surface area contributed by atoms with Gasteiger partial charge in [-0.05, 0) is 43.0 Å². The van der Waals surface area contributed by atoms with Crippen LogP contribution < -0.4 is 5.32 Å². The Morgan fingerprint density at radius 2 is 2.24 bits per heavy atom. The van der Waals surface area contributed by atoms with Gasteiger partial charge < -0.3 is 10.4 Å². The molecule has 110 valence electrons. The molecule has 1 amide bonds. The maximum absolute atomic E-state index is 12.3. The summed E-state index contributed by atoms with van der Waals surface area (Å²) in [7, 11) is 0. The molecule has 2 aromatic heterocycles. The minimum absolute atomic E-state index is 0.166. The quantitative estimate of drug-likeness (QED) is 0.871. The van der Waals surface area contributed by atoms with Crippen LogP contribution in [0.25, 0.3) is 0 Å². The summed E-state index contributed by atoms with van der Waals surface area (Å²) < 4.78 is 4.56. The number of nitrogens with one attached hydrogen (secondary N) is 1. The summed E-state index contributed by atoms with van der Waals surface area (Å²) in [6.45, 7) is 1.66. The predicted octanol–water partition coefficient (Wildman–Crippen LogP) is 1.02. The number of hydrogen-bond acceptors (Lipinski definition) is 6. The normalized spacial score (nSPS) is 22.4. The van der Waals surface area contributed by atoms with E-state index in [4.69, 9.17) is 0 Å². The fraction of sp³-hybridized carbons (Fsp3) is 0.429. The van der Waals surface area contributed by atoms with Crippen molar-refractivity contribution in [1.29, 1.82) is 0 Å². The van der Waals surface area contributed by atoms with Gasteiger partial charge in [-0.2, -0.15) is 0 Å². The standard InChI is InChI=1S/C14H16N4O3/c1-8-12(18-21-17-8)14(20)16-13(9-6-10(19)7-9)11-4-2-3-5-15-11/h2-5,9-10,13,19H,6-7H2,1H3,(H,16,20). The second-order valence-electron chi connectivity index (χ2n) is 5.29. The number of aromatic nitrogens is 3. The number of carbonyl (C=O) groups is 1. The van der Waals surface area contributed by atoms with E-state index in [9.17, 15) is 9.90 Å². The number of carbonyl (C=O) groups excluding carboxylic acids is 1. The van der Waals surface area contributed by atoms with E-state index in [1.807, 2.05) is 18.2 Å². The third kappa shape index (κ3) is 2.78. The lowest BCUT2D eigenvalue weighted by atomic mass is 9.76. The lowest BCUT2D eigenvalue weighted by molar-refractivity contribution is 0.0227. The van der Waals surface area contributed by atoms with Crippen LogP contribution in [-0.2, 0) is 0 Å². The number of nitrogens with zero attached hydrogens (tertiary/aromatic N) is 3. The van der Waals surface area contributed by atoms with Crippen LogP contribution in [0.15, 0.2) is 29.0 Å². The van der Waals surface area contributed by atoms with Crippen LogP contribution in [0.1, 0.15) is 40.8 Å². The lowest BCUT2D eigenvalue weighted by Gasteiger charge is -2.37. The lowest BCUT2D eigenvalue weighted by Crippen LogP contribution is -2.42. The number of rotatable bonds is 4. The Labute approximate surface area is 121 Å². The van der Waals surface area contributed by atoms with Crippen LogP contribution in [-0.4, -0.2) is 32.4 Å². The molecule has 1 saturated carbocycles. The molecule has 2 aromatic rings.